The number of esters is 1. The predicted octanol–water partition coefficient (Wildman–Crippen LogP) is -0.442. The first-order valence-corrected chi connectivity index (χ1v) is 17.8. The Labute approximate surface area is 286 Å². The average Bonchev–Trinajstić information content (AvgIpc) is 3.04. The molecule has 49 heavy (non-hydrogen) atoms. The number of fused-ring (bicyclic) bond motifs is 7. The second-order valence-electron chi connectivity index (χ2n) is 17.7. The molecule has 9 N–H and O–H groups in total. The zero-order chi connectivity index (χ0) is 36.3. The largest absolute Gasteiger partial charge is 0.432 e. The third-order valence-electron chi connectivity index (χ3n) is 15.2. The Morgan fingerprint density at radius 1 is 0.857 bits per heavy atom. The summed E-state index contributed by atoms with van der Waals surface area (Å²) in [5.41, 5.74) is -5.08. The summed E-state index contributed by atoms with van der Waals surface area (Å²) in [4.78, 5) is 29.1. The van der Waals surface area contributed by atoms with E-state index in [1.165, 1.54) is 0 Å². The van der Waals surface area contributed by atoms with Crippen molar-refractivity contribution in [2.24, 2.45) is 50.2 Å². The zero-order valence-corrected chi connectivity index (χ0v) is 29.2. The number of carbonyl (C=O) groups is 2. The molecule has 278 valence electrons. The van der Waals surface area contributed by atoms with Crippen LogP contribution >= 0.6 is 0 Å². The fraction of sp³-hybridized carbons (Fsp3) is 0.889. The van der Waals surface area contributed by atoms with Gasteiger partial charge in [0.1, 0.15) is 24.4 Å². The van der Waals surface area contributed by atoms with Crippen LogP contribution in [0.25, 0.3) is 0 Å². The lowest BCUT2D eigenvalue weighted by molar-refractivity contribution is -0.298. The first kappa shape index (κ1) is 37.2. The van der Waals surface area contributed by atoms with Gasteiger partial charge in [-0.1, -0.05) is 40.2 Å². The number of hydrogen-bond donors (Lipinski definition) is 9. The summed E-state index contributed by atoms with van der Waals surface area (Å²) in [6.45, 7) is 8.07. The van der Waals surface area contributed by atoms with E-state index in [0.717, 1.165) is 0 Å². The fourth-order valence-corrected chi connectivity index (χ4v) is 12.0. The number of rotatable bonds is 5. The van der Waals surface area contributed by atoms with Crippen LogP contribution in [-0.2, 0) is 19.1 Å². The summed E-state index contributed by atoms with van der Waals surface area (Å²) in [7, 11) is 0. The van der Waals surface area contributed by atoms with E-state index in [9.17, 15) is 55.5 Å². The highest BCUT2D eigenvalue weighted by molar-refractivity contribution is 5.96. The molecular weight excluding hydrogens is 640 g/mol. The van der Waals surface area contributed by atoms with Crippen LogP contribution in [0.4, 0.5) is 0 Å². The van der Waals surface area contributed by atoms with E-state index in [2.05, 4.69) is 13.8 Å². The van der Waals surface area contributed by atoms with E-state index in [-0.39, 0.29) is 18.6 Å². The van der Waals surface area contributed by atoms with Gasteiger partial charge in [-0.15, -0.1) is 0 Å². The van der Waals surface area contributed by atoms with Crippen molar-refractivity contribution in [2.45, 2.75) is 129 Å². The maximum absolute atomic E-state index is 14.7. The van der Waals surface area contributed by atoms with Crippen molar-refractivity contribution in [1.29, 1.82) is 0 Å². The van der Waals surface area contributed by atoms with Crippen LogP contribution in [0, 0.1) is 50.2 Å². The van der Waals surface area contributed by atoms with Crippen molar-refractivity contribution >= 4 is 11.8 Å². The van der Waals surface area contributed by atoms with E-state index in [1.807, 2.05) is 20.8 Å². The maximum atomic E-state index is 14.7. The number of carbonyl (C=O) groups excluding carboxylic acids is 2. The molecule has 1 heterocycles. The van der Waals surface area contributed by atoms with Gasteiger partial charge in [-0.25, -0.2) is 0 Å². The van der Waals surface area contributed by atoms with E-state index in [0.29, 0.717) is 37.7 Å². The molecule has 13 nitrogen and oxygen atoms in total. The lowest BCUT2D eigenvalue weighted by Crippen LogP contribution is -2.71. The van der Waals surface area contributed by atoms with Gasteiger partial charge in [-0.2, -0.15) is 0 Å². The molecule has 5 aliphatic carbocycles. The molecule has 6 rings (SSSR count). The summed E-state index contributed by atoms with van der Waals surface area (Å²) >= 11 is 0. The van der Waals surface area contributed by atoms with Crippen molar-refractivity contribution in [3.8, 4) is 0 Å². The van der Waals surface area contributed by atoms with Gasteiger partial charge in [0.25, 0.3) is 0 Å². The lowest BCUT2D eigenvalue weighted by atomic mass is 9.33. The summed E-state index contributed by atoms with van der Waals surface area (Å²) in [5.74, 6) is -2.98. The second kappa shape index (κ2) is 12.0. The van der Waals surface area contributed by atoms with Crippen LogP contribution in [0.1, 0.15) is 79.6 Å². The second-order valence-corrected chi connectivity index (χ2v) is 17.7. The van der Waals surface area contributed by atoms with Gasteiger partial charge < -0.3 is 55.4 Å². The fourth-order valence-electron chi connectivity index (χ4n) is 12.0. The smallest absolute Gasteiger partial charge is 0.315 e. The van der Waals surface area contributed by atoms with Crippen LogP contribution in [-0.4, -0.2) is 127 Å². The standard InChI is InChI=1S/C36H56O13/c1-31(2)8-10-35(30(47)49-29-25(44)24(43)23(42)20(14-37)48-29)11-9-33(4)17(22(35)28(31)46)12-18(40)26-32(3)13-19(41)27(45)36(15-38,16-39)21(32)6-7-34(26,33)5/h12,19-29,37-39,41-46H,6-11,13-16H2,1-5H3/t19-,20-,21-,22-,23-,24+,25-,26-,27+,28-,29+,32+,33-,34-,35+/m1/s1. The molecule has 5 fully saturated rings. The first-order valence-electron chi connectivity index (χ1n) is 17.8. The average molecular weight is 697 g/mol. The van der Waals surface area contributed by atoms with Crippen molar-refractivity contribution in [3.05, 3.63) is 11.6 Å². The van der Waals surface area contributed by atoms with Crippen molar-refractivity contribution in [3.63, 3.8) is 0 Å². The molecule has 1 aliphatic heterocycles. The van der Waals surface area contributed by atoms with Gasteiger partial charge in [-0.05, 0) is 78.6 Å². The molecule has 0 aromatic carbocycles. The summed E-state index contributed by atoms with van der Waals surface area (Å²) in [5, 5.41) is 96.5. The highest BCUT2D eigenvalue weighted by atomic mass is 16.7. The van der Waals surface area contributed by atoms with Gasteiger partial charge in [0, 0.05) is 17.3 Å². The Hall–Kier alpha value is -1.52. The van der Waals surface area contributed by atoms with Gasteiger partial charge in [0.15, 0.2) is 5.78 Å². The molecular formula is C36H56O13. The summed E-state index contributed by atoms with van der Waals surface area (Å²) in [6.07, 6.45) is -7.76. The Kier molecular flexibility index (Phi) is 9.13. The van der Waals surface area contributed by atoms with Gasteiger partial charge in [0.05, 0.1) is 43.5 Å². The monoisotopic (exact) mass is 696 g/mol. The molecule has 13 heteroatoms. The number of allylic oxidation sites excluding steroid dienone is 1. The maximum Gasteiger partial charge on any atom is 0.315 e. The van der Waals surface area contributed by atoms with Gasteiger partial charge in [0.2, 0.25) is 6.29 Å². The van der Waals surface area contributed by atoms with E-state index < -0.39 is 125 Å². The third-order valence-corrected chi connectivity index (χ3v) is 15.2. The van der Waals surface area contributed by atoms with E-state index in [1.54, 1.807) is 6.08 Å². The highest BCUT2D eigenvalue weighted by Crippen LogP contribution is 2.75. The van der Waals surface area contributed by atoms with Gasteiger partial charge in [-0.3, -0.25) is 9.59 Å². The van der Waals surface area contributed by atoms with Crippen molar-refractivity contribution < 1.29 is 65.0 Å². The van der Waals surface area contributed by atoms with E-state index >= 15 is 0 Å². The quantitative estimate of drug-likeness (QED) is 0.166. The Morgan fingerprint density at radius 3 is 2.10 bits per heavy atom. The number of aliphatic hydroxyl groups excluding tert-OH is 9. The summed E-state index contributed by atoms with van der Waals surface area (Å²) in [6, 6.07) is 0. The Bertz CT molecular complexity index is 1360. The molecule has 0 unspecified atom stereocenters. The SMILES string of the molecule is CC1(C)CC[C@]2(C(=O)O[C@@H]3O[C@H](CO)[C@@H](O)[C@H](O)[C@H]3O)CC[C@]3(C)C(=CC(=O)[C@@H]4[C@@]5(C)C[C@@H](O)[C@H](O)C(CO)(CO)[C@@H]5CC[C@]43C)[C@@H]2[C@H]1O. The molecule has 1 saturated heterocycles. The number of hydrogen-bond acceptors (Lipinski definition) is 13. The first-order chi connectivity index (χ1) is 22.8. The lowest BCUT2D eigenvalue weighted by Gasteiger charge is -2.71. The van der Waals surface area contributed by atoms with Crippen LogP contribution in [0.2, 0.25) is 0 Å². The third kappa shape index (κ3) is 4.80. The zero-order valence-electron chi connectivity index (χ0n) is 29.2. The number of ketones is 1. The van der Waals surface area contributed by atoms with Crippen molar-refractivity contribution in [2.75, 3.05) is 19.8 Å². The number of ether oxygens (including phenoxy) is 2. The number of aliphatic hydroxyl groups is 9. The normalized spacial score (nSPS) is 51.8. The minimum absolute atomic E-state index is 0.0975. The molecule has 0 spiro atoms. The van der Waals surface area contributed by atoms with Crippen LogP contribution in [0.5, 0.6) is 0 Å². The topological polar surface area (TPSA) is 235 Å². The summed E-state index contributed by atoms with van der Waals surface area (Å²) < 4.78 is 11.3. The molecule has 0 amide bonds. The van der Waals surface area contributed by atoms with E-state index in [4.69, 9.17) is 9.47 Å². The van der Waals surface area contributed by atoms with Crippen molar-refractivity contribution in [1.82, 2.24) is 0 Å². The predicted molar refractivity (Wildman–Crippen MR) is 171 cm³/mol. The molecule has 0 aromatic rings. The van der Waals surface area contributed by atoms with Crippen LogP contribution in [0.15, 0.2) is 11.6 Å². The molecule has 0 bridgehead atoms. The molecule has 6 aliphatic rings. The molecule has 0 radical (unpaired) electrons. The van der Waals surface area contributed by atoms with Gasteiger partial charge >= 0.3 is 5.97 Å². The Balaban J connectivity index is 1.43. The minimum atomic E-state index is -1.80. The molecule has 0 aromatic heterocycles. The highest BCUT2D eigenvalue weighted by Gasteiger charge is 2.74. The Morgan fingerprint density at radius 2 is 1.49 bits per heavy atom. The minimum Gasteiger partial charge on any atom is -0.432 e. The van der Waals surface area contributed by atoms with Crippen LogP contribution in [0.3, 0.4) is 0 Å². The molecule has 15 atom stereocenters. The molecule has 4 saturated carbocycles. The van der Waals surface area contributed by atoms with Crippen LogP contribution < -0.4 is 0 Å².